The number of hydrogen-bond donors (Lipinski definition) is 2. The summed E-state index contributed by atoms with van der Waals surface area (Å²) in [6.07, 6.45) is -4.58. The number of nitrogens with one attached hydrogen (secondary N) is 1. The van der Waals surface area contributed by atoms with Gasteiger partial charge in [0.05, 0.1) is 11.1 Å². The van der Waals surface area contributed by atoms with Gasteiger partial charge in [0.2, 0.25) is 0 Å². The van der Waals surface area contributed by atoms with E-state index in [0.29, 0.717) is 0 Å². The predicted octanol–water partition coefficient (Wildman–Crippen LogP) is 2.88. The van der Waals surface area contributed by atoms with Gasteiger partial charge in [-0.2, -0.15) is 13.2 Å². The molecule has 0 saturated heterocycles. The Morgan fingerprint density at radius 3 is 2.57 bits per heavy atom. The number of amides is 2. The quantitative estimate of drug-likeness (QED) is 0.875. The lowest BCUT2D eigenvalue weighted by Crippen LogP contribution is -2.22. The van der Waals surface area contributed by atoms with Crippen molar-refractivity contribution in [3.63, 3.8) is 0 Å². The number of halogens is 3. The molecule has 2 aromatic rings. The number of hydrogen-bond acceptors (Lipinski definition) is 4. The number of alkyl halides is 3. The fourth-order valence-electron chi connectivity index (χ4n) is 1.73. The van der Waals surface area contributed by atoms with E-state index in [4.69, 9.17) is 10.5 Å². The van der Waals surface area contributed by atoms with E-state index in [2.05, 4.69) is 5.32 Å². The molecular weight excluding hydrogens is 333 g/mol. The summed E-state index contributed by atoms with van der Waals surface area (Å²) in [7, 11) is 0. The molecule has 0 unspecified atom stereocenters. The third-order valence-corrected chi connectivity index (χ3v) is 3.56. The zero-order chi connectivity index (χ0) is 17.0. The lowest BCUT2D eigenvalue weighted by molar-refractivity contribution is -0.139. The van der Waals surface area contributed by atoms with Gasteiger partial charge in [0, 0.05) is 0 Å². The monoisotopic (exact) mass is 344 g/mol. The van der Waals surface area contributed by atoms with Gasteiger partial charge in [0.1, 0.15) is 10.8 Å². The second kappa shape index (κ2) is 6.69. The van der Waals surface area contributed by atoms with Crippen LogP contribution in [0.4, 0.5) is 18.2 Å². The molecule has 1 aromatic heterocycles. The first-order valence-corrected chi connectivity index (χ1v) is 7.13. The first-order valence-electron chi connectivity index (χ1n) is 6.25. The Labute approximate surface area is 132 Å². The molecule has 9 heteroatoms. The minimum Gasteiger partial charge on any atom is -0.483 e. The number of rotatable bonds is 5. The van der Waals surface area contributed by atoms with Crippen LogP contribution >= 0.6 is 11.3 Å². The van der Waals surface area contributed by atoms with Crippen molar-refractivity contribution in [2.24, 2.45) is 5.73 Å². The molecule has 0 aliphatic rings. The number of nitrogens with two attached hydrogens (primary N) is 1. The number of anilines is 1. The molecule has 0 atom stereocenters. The highest BCUT2D eigenvalue weighted by Gasteiger charge is 2.34. The van der Waals surface area contributed by atoms with Gasteiger partial charge in [0.25, 0.3) is 11.8 Å². The van der Waals surface area contributed by atoms with Crippen LogP contribution in [0, 0.1) is 0 Å². The van der Waals surface area contributed by atoms with Gasteiger partial charge in [-0.3, -0.25) is 9.59 Å². The molecule has 122 valence electrons. The Hall–Kier alpha value is -2.55. The maximum atomic E-state index is 12.8. The van der Waals surface area contributed by atoms with E-state index in [1.165, 1.54) is 18.2 Å². The fraction of sp³-hybridized carbons (Fsp3) is 0.143. The highest BCUT2D eigenvalue weighted by Crippen LogP contribution is 2.35. The lowest BCUT2D eigenvalue weighted by Gasteiger charge is -2.13. The van der Waals surface area contributed by atoms with E-state index >= 15 is 0 Å². The van der Waals surface area contributed by atoms with Crippen LogP contribution in [0.25, 0.3) is 0 Å². The van der Waals surface area contributed by atoms with Gasteiger partial charge >= 0.3 is 6.18 Å². The van der Waals surface area contributed by atoms with E-state index in [1.807, 2.05) is 0 Å². The van der Waals surface area contributed by atoms with Crippen molar-refractivity contribution in [3.8, 4) is 5.75 Å². The molecule has 1 heterocycles. The van der Waals surface area contributed by atoms with E-state index < -0.39 is 35.9 Å². The molecule has 0 fully saturated rings. The summed E-state index contributed by atoms with van der Waals surface area (Å²) in [5, 5.41) is 4.14. The minimum atomic E-state index is -4.58. The average Bonchev–Trinajstić information content (AvgIpc) is 2.92. The summed E-state index contributed by atoms with van der Waals surface area (Å²) >= 11 is 1.07. The summed E-state index contributed by atoms with van der Waals surface area (Å²) in [4.78, 5) is 22.9. The second-order valence-corrected chi connectivity index (χ2v) is 5.27. The summed E-state index contributed by atoms with van der Waals surface area (Å²) in [5.74, 6) is -1.87. The molecule has 3 N–H and O–H groups in total. The zero-order valence-corrected chi connectivity index (χ0v) is 12.3. The van der Waals surface area contributed by atoms with E-state index in [0.717, 1.165) is 23.5 Å². The maximum absolute atomic E-state index is 12.8. The third kappa shape index (κ3) is 4.22. The van der Waals surface area contributed by atoms with Crippen LogP contribution in [0.5, 0.6) is 5.75 Å². The number of ether oxygens (including phenoxy) is 1. The number of carbonyl (C=O) groups excluding carboxylic acids is 2. The lowest BCUT2D eigenvalue weighted by atomic mass is 10.2. The Balaban J connectivity index is 2.03. The summed E-state index contributed by atoms with van der Waals surface area (Å²) in [6.45, 7) is -0.636. The van der Waals surface area contributed by atoms with Gasteiger partial charge in [-0.15, -0.1) is 11.3 Å². The van der Waals surface area contributed by atoms with Gasteiger partial charge in [-0.05, 0) is 23.6 Å². The Morgan fingerprint density at radius 2 is 1.91 bits per heavy atom. The normalized spacial score (nSPS) is 11.1. The summed E-state index contributed by atoms with van der Waals surface area (Å²) in [5.41, 5.74) is 4.28. The number of benzene rings is 1. The van der Waals surface area contributed by atoms with Crippen molar-refractivity contribution >= 4 is 28.2 Å². The molecule has 0 spiro atoms. The van der Waals surface area contributed by atoms with Crippen LogP contribution in [-0.2, 0) is 11.0 Å². The molecule has 1 aromatic carbocycles. The topological polar surface area (TPSA) is 81.4 Å². The molecule has 0 aliphatic carbocycles. The van der Waals surface area contributed by atoms with Gasteiger partial charge in [-0.1, -0.05) is 12.1 Å². The smallest absolute Gasteiger partial charge is 0.419 e. The van der Waals surface area contributed by atoms with Crippen molar-refractivity contribution in [2.75, 3.05) is 11.9 Å². The minimum absolute atomic E-state index is 0.124. The predicted molar refractivity (Wildman–Crippen MR) is 78.4 cm³/mol. The number of carbonyl (C=O) groups is 2. The van der Waals surface area contributed by atoms with Crippen LogP contribution in [0.2, 0.25) is 0 Å². The molecule has 0 radical (unpaired) electrons. The molecule has 2 rings (SSSR count). The molecular formula is C14H11F3N2O3S. The molecule has 0 aliphatic heterocycles. The van der Waals surface area contributed by atoms with Crippen LogP contribution in [0.15, 0.2) is 35.7 Å². The Kier molecular flexibility index (Phi) is 4.89. The molecule has 0 saturated carbocycles. The molecule has 5 nitrogen and oxygen atoms in total. The zero-order valence-electron chi connectivity index (χ0n) is 11.5. The van der Waals surface area contributed by atoms with Crippen molar-refractivity contribution in [3.05, 3.63) is 46.8 Å². The molecule has 2 amide bonds. The van der Waals surface area contributed by atoms with E-state index in [-0.39, 0.29) is 10.6 Å². The van der Waals surface area contributed by atoms with Crippen LogP contribution in [-0.4, -0.2) is 18.4 Å². The highest BCUT2D eigenvalue weighted by atomic mass is 32.1. The molecule has 0 bridgehead atoms. The van der Waals surface area contributed by atoms with Crippen LogP contribution in [0.1, 0.15) is 15.9 Å². The van der Waals surface area contributed by atoms with E-state index in [1.54, 1.807) is 5.38 Å². The number of primary amides is 1. The first kappa shape index (κ1) is 16.8. The first-order chi connectivity index (χ1) is 10.8. The van der Waals surface area contributed by atoms with Crippen molar-refractivity contribution in [2.45, 2.75) is 6.18 Å². The van der Waals surface area contributed by atoms with Gasteiger partial charge < -0.3 is 15.8 Å². The van der Waals surface area contributed by atoms with Crippen molar-refractivity contribution < 1.29 is 27.5 Å². The Bertz CT molecular complexity index is 728. The fourth-order valence-corrected chi connectivity index (χ4v) is 2.54. The number of para-hydroxylation sites is 1. The van der Waals surface area contributed by atoms with Crippen LogP contribution < -0.4 is 15.8 Å². The third-order valence-electron chi connectivity index (χ3n) is 2.73. The van der Waals surface area contributed by atoms with Gasteiger partial charge in [0.15, 0.2) is 6.61 Å². The summed E-state index contributed by atoms with van der Waals surface area (Å²) in [6, 6.07) is 6.00. The van der Waals surface area contributed by atoms with Gasteiger partial charge in [-0.25, -0.2) is 0 Å². The number of thiophene rings is 1. The second-order valence-electron chi connectivity index (χ2n) is 4.36. The summed E-state index contributed by atoms with van der Waals surface area (Å²) < 4.78 is 43.3. The van der Waals surface area contributed by atoms with Crippen molar-refractivity contribution in [1.82, 2.24) is 0 Å². The SMILES string of the molecule is NC(=O)c1ccsc1NC(=O)COc1ccccc1C(F)(F)F. The van der Waals surface area contributed by atoms with Crippen LogP contribution in [0.3, 0.4) is 0 Å². The average molecular weight is 344 g/mol. The maximum Gasteiger partial charge on any atom is 0.419 e. The largest absolute Gasteiger partial charge is 0.483 e. The van der Waals surface area contributed by atoms with Crippen molar-refractivity contribution in [1.29, 1.82) is 0 Å². The van der Waals surface area contributed by atoms with E-state index in [9.17, 15) is 22.8 Å². The highest BCUT2D eigenvalue weighted by molar-refractivity contribution is 7.14. The standard InChI is InChI=1S/C14H11F3N2O3S/c15-14(16,17)9-3-1-2-4-10(9)22-7-11(20)19-13-8(12(18)21)5-6-23-13/h1-6H,7H2,(H2,18,21)(H,19,20). The Morgan fingerprint density at radius 1 is 1.22 bits per heavy atom. The molecule has 23 heavy (non-hydrogen) atoms.